The fourth-order valence-electron chi connectivity index (χ4n) is 5.06. The minimum absolute atomic E-state index is 0. The molecular weight excluding hydrogens is 562 g/mol. The van der Waals surface area contributed by atoms with Crippen LogP contribution in [0.3, 0.4) is 0 Å². The van der Waals surface area contributed by atoms with Crippen molar-refractivity contribution in [3.63, 3.8) is 0 Å². The number of rotatable bonds is 9. The van der Waals surface area contributed by atoms with E-state index < -0.39 is 29.3 Å². The Morgan fingerprint density at radius 1 is 1.12 bits per heavy atom. The van der Waals surface area contributed by atoms with E-state index in [1.165, 1.54) is 23.1 Å². The van der Waals surface area contributed by atoms with Gasteiger partial charge in [0.1, 0.15) is 18.4 Å². The topological polar surface area (TPSA) is 117 Å². The van der Waals surface area contributed by atoms with Gasteiger partial charge in [0.05, 0.1) is 13.2 Å². The van der Waals surface area contributed by atoms with E-state index in [9.17, 15) is 19.2 Å². The van der Waals surface area contributed by atoms with Crippen LogP contribution in [-0.4, -0.2) is 78.9 Å². The molecule has 3 aliphatic rings. The number of piperidine rings is 1. The summed E-state index contributed by atoms with van der Waals surface area (Å²) < 4.78 is 41.0. The number of nitrogens with zero attached hydrogens (tertiary/aromatic N) is 2. The molecule has 2 fully saturated rings. The number of alkyl halides is 2. The van der Waals surface area contributed by atoms with Gasteiger partial charge in [0.25, 0.3) is 11.8 Å². The van der Waals surface area contributed by atoms with Crippen molar-refractivity contribution in [1.82, 2.24) is 20.4 Å². The van der Waals surface area contributed by atoms with Gasteiger partial charge in [-0.25, -0.2) is 0 Å². The smallest absolute Gasteiger partial charge is 0.349 e. The highest BCUT2D eigenvalue weighted by Crippen LogP contribution is 2.31. The van der Waals surface area contributed by atoms with Gasteiger partial charge in [0.15, 0.2) is 0 Å². The Morgan fingerprint density at radius 3 is 2.66 bits per heavy atom. The number of hydrogen-bond acceptors (Lipinski definition) is 7. The number of imide groups is 1. The van der Waals surface area contributed by atoms with Crippen LogP contribution in [0.25, 0.3) is 0 Å². The highest BCUT2D eigenvalue weighted by Gasteiger charge is 2.41. The van der Waals surface area contributed by atoms with Gasteiger partial charge in [-0.1, -0.05) is 24.3 Å². The molecule has 0 aliphatic carbocycles. The van der Waals surface area contributed by atoms with Gasteiger partial charge in [-0.15, -0.1) is 12.4 Å². The van der Waals surface area contributed by atoms with E-state index in [4.69, 9.17) is 9.47 Å². The Kier molecular flexibility index (Phi) is 9.57. The van der Waals surface area contributed by atoms with Crippen LogP contribution >= 0.6 is 12.4 Å². The van der Waals surface area contributed by atoms with Gasteiger partial charge in [-0.05, 0) is 35.7 Å². The highest BCUT2D eigenvalue weighted by molar-refractivity contribution is 6.05. The quantitative estimate of drug-likeness (QED) is 0.428. The van der Waals surface area contributed by atoms with E-state index in [-0.39, 0.29) is 55.9 Å². The molecule has 3 heterocycles. The minimum atomic E-state index is -3.79. The van der Waals surface area contributed by atoms with Crippen LogP contribution in [0.4, 0.5) is 8.78 Å². The lowest BCUT2D eigenvalue weighted by molar-refractivity contribution is -0.147. The molecule has 0 aromatic heterocycles. The number of fused-ring (bicyclic) bond motifs is 1. The monoisotopic (exact) mass is 592 g/mol. The molecule has 3 aliphatic heterocycles. The van der Waals surface area contributed by atoms with Crippen molar-refractivity contribution in [1.29, 1.82) is 0 Å². The SMILES string of the molecule is Cl.O=C1CCC(N2Cc3cc(CNC(=O)C(F)(F)c4cccc(OCCN5CCOCC5)c4)ccc3C2=O)C(=O)N1. The predicted octanol–water partition coefficient (Wildman–Crippen LogP) is 1.99. The Morgan fingerprint density at radius 2 is 1.90 bits per heavy atom. The molecule has 4 amide bonds. The zero-order valence-corrected chi connectivity index (χ0v) is 23.0. The molecular formula is C28H31ClF2N4O6. The molecule has 10 nitrogen and oxygen atoms in total. The average Bonchev–Trinajstić information content (AvgIpc) is 3.27. The fourth-order valence-corrected chi connectivity index (χ4v) is 5.06. The van der Waals surface area contributed by atoms with Gasteiger partial charge in [0, 0.05) is 50.3 Å². The second-order valence-electron chi connectivity index (χ2n) is 9.98. The summed E-state index contributed by atoms with van der Waals surface area (Å²) >= 11 is 0. The number of hydrogen-bond donors (Lipinski definition) is 2. The van der Waals surface area contributed by atoms with Crippen molar-refractivity contribution in [2.75, 3.05) is 39.5 Å². The molecule has 0 bridgehead atoms. The Hall–Kier alpha value is -3.61. The molecule has 2 N–H and O–H groups in total. The molecule has 41 heavy (non-hydrogen) atoms. The van der Waals surface area contributed by atoms with Gasteiger partial charge in [0.2, 0.25) is 11.8 Å². The fraction of sp³-hybridized carbons (Fsp3) is 0.429. The van der Waals surface area contributed by atoms with Crippen LogP contribution in [0.2, 0.25) is 0 Å². The summed E-state index contributed by atoms with van der Waals surface area (Å²) in [4.78, 5) is 52.6. The first-order valence-electron chi connectivity index (χ1n) is 13.2. The third-order valence-corrected chi connectivity index (χ3v) is 7.30. The first-order chi connectivity index (χ1) is 19.2. The number of carbonyl (C=O) groups is 4. The highest BCUT2D eigenvalue weighted by atomic mass is 35.5. The number of morpholine rings is 1. The van der Waals surface area contributed by atoms with Crippen LogP contribution in [0.15, 0.2) is 42.5 Å². The van der Waals surface area contributed by atoms with Gasteiger partial charge < -0.3 is 19.7 Å². The zero-order valence-electron chi connectivity index (χ0n) is 22.2. The summed E-state index contributed by atoms with van der Waals surface area (Å²) in [6, 6.07) is 9.38. The Balaban J connectivity index is 0.00000387. The van der Waals surface area contributed by atoms with E-state index >= 15 is 8.78 Å². The standard InChI is InChI=1S/C28H30F2N4O6.ClH/c29-28(30,20-2-1-3-21(15-20)40-13-10-33-8-11-39-12-9-33)27(38)31-16-18-4-5-22-19(14-18)17-34(26(22)37)23-6-7-24(35)32-25(23)36;/h1-5,14-15,23H,6-13,16-17H2,(H,31,38)(H,32,35,36);1H. The van der Waals surface area contributed by atoms with Crippen LogP contribution in [0.5, 0.6) is 5.75 Å². The number of nitrogens with one attached hydrogen (secondary N) is 2. The second-order valence-corrected chi connectivity index (χ2v) is 9.98. The minimum Gasteiger partial charge on any atom is -0.492 e. The maximum Gasteiger partial charge on any atom is 0.349 e. The number of halogens is 3. The Labute approximate surface area is 241 Å². The molecule has 2 aromatic rings. The number of benzene rings is 2. The van der Waals surface area contributed by atoms with Crippen molar-refractivity contribution in [2.45, 2.75) is 37.9 Å². The molecule has 220 valence electrons. The number of ether oxygens (including phenoxy) is 2. The lowest BCUT2D eigenvalue weighted by Gasteiger charge is -2.29. The van der Waals surface area contributed by atoms with E-state index in [1.807, 2.05) is 0 Å². The largest absolute Gasteiger partial charge is 0.492 e. The third-order valence-electron chi connectivity index (χ3n) is 7.30. The molecule has 1 atom stereocenters. The first kappa shape index (κ1) is 30.4. The maximum absolute atomic E-state index is 15.0. The van der Waals surface area contributed by atoms with E-state index in [0.717, 1.165) is 13.1 Å². The summed E-state index contributed by atoms with van der Waals surface area (Å²) in [6.45, 7) is 3.83. The van der Waals surface area contributed by atoms with Crippen molar-refractivity contribution >= 4 is 36.0 Å². The van der Waals surface area contributed by atoms with Crippen molar-refractivity contribution in [3.05, 3.63) is 64.7 Å². The molecule has 1 unspecified atom stereocenters. The molecule has 0 radical (unpaired) electrons. The number of amides is 4. The molecule has 2 saturated heterocycles. The molecule has 5 rings (SSSR count). The number of carbonyl (C=O) groups excluding carboxylic acids is 4. The second kappa shape index (κ2) is 12.9. The van der Waals surface area contributed by atoms with Crippen LogP contribution in [0, 0.1) is 0 Å². The zero-order chi connectivity index (χ0) is 28.3. The van der Waals surface area contributed by atoms with E-state index in [2.05, 4.69) is 15.5 Å². The summed E-state index contributed by atoms with van der Waals surface area (Å²) in [7, 11) is 0. The predicted molar refractivity (Wildman–Crippen MR) is 145 cm³/mol. The lowest BCUT2D eigenvalue weighted by atomic mass is 10.0. The third kappa shape index (κ3) is 6.83. The summed E-state index contributed by atoms with van der Waals surface area (Å²) in [6.07, 6.45) is 0.383. The lowest BCUT2D eigenvalue weighted by Crippen LogP contribution is -2.52. The summed E-state index contributed by atoms with van der Waals surface area (Å²) in [5.41, 5.74) is 1.07. The van der Waals surface area contributed by atoms with Gasteiger partial charge >= 0.3 is 5.92 Å². The Bertz CT molecular complexity index is 1320. The summed E-state index contributed by atoms with van der Waals surface area (Å²) in [5.74, 6) is -6.22. The molecule has 0 spiro atoms. The normalized spacial score (nSPS) is 19.3. The van der Waals surface area contributed by atoms with Crippen molar-refractivity contribution in [2.24, 2.45) is 0 Å². The van der Waals surface area contributed by atoms with E-state index in [1.54, 1.807) is 24.3 Å². The van der Waals surface area contributed by atoms with E-state index in [0.29, 0.717) is 43.1 Å². The van der Waals surface area contributed by atoms with Gasteiger partial charge in [-0.3, -0.25) is 29.4 Å². The molecule has 2 aromatic carbocycles. The maximum atomic E-state index is 15.0. The van der Waals surface area contributed by atoms with Crippen LogP contribution < -0.4 is 15.4 Å². The molecule has 13 heteroatoms. The van der Waals surface area contributed by atoms with Crippen molar-refractivity contribution in [3.8, 4) is 5.75 Å². The van der Waals surface area contributed by atoms with Crippen LogP contribution in [0.1, 0.15) is 39.9 Å². The van der Waals surface area contributed by atoms with Crippen LogP contribution in [-0.2, 0) is 38.1 Å². The van der Waals surface area contributed by atoms with Crippen molar-refractivity contribution < 1.29 is 37.4 Å². The first-order valence-corrected chi connectivity index (χ1v) is 13.2. The summed E-state index contributed by atoms with van der Waals surface area (Å²) in [5, 5.41) is 4.53. The average molecular weight is 593 g/mol. The molecule has 0 saturated carbocycles. The van der Waals surface area contributed by atoms with Gasteiger partial charge in [-0.2, -0.15) is 8.78 Å².